The van der Waals surface area contributed by atoms with Crippen molar-refractivity contribution in [3.8, 4) is 17.0 Å². The number of nitrogens with zero attached hydrogens (tertiary/aromatic N) is 2. The molecule has 0 spiro atoms. The maximum Gasteiger partial charge on any atom is 0.573 e. The Morgan fingerprint density at radius 1 is 1.15 bits per heavy atom. The largest absolute Gasteiger partial charge is 0.573 e. The van der Waals surface area contributed by atoms with Crippen LogP contribution in [-0.2, 0) is 13.0 Å². The van der Waals surface area contributed by atoms with E-state index in [2.05, 4.69) is 9.84 Å². The van der Waals surface area contributed by atoms with Crippen molar-refractivity contribution in [1.82, 2.24) is 9.78 Å². The lowest BCUT2D eigenvalue weighted by Crippen LogP contribution is -2.16. The van der Waals surface area contributed by atoms with Gasteiger partial charge in [0, 0.05) is 18.3 Å². The molecule has 2 rings (SSSR count). The predicted molar refractivity (Wildman–Crippen MR) is 69.4 cm³/mol. The normalized spacial score (nSPS) is 11.7. The summed E-state index contributed by atoms with van der Waals surface area (Å²) in [6, 6.07) is 5.77. The first-order valence-electron chi connectivity index (χ1n) is 6.35. The molecular weight excluding hydrogens is 269 g/mol. The second-order valence-corrected chi connectivity index (χ2v) is 4.28. The highest BCUT2D eigenvalue weighted by atomic mass is 19.4. The molecule has 0 aliphatic carbocycles. The van der Waals surface area contributed by atoms with Gasteiger partial charge in [0.15, 0.2) is 0 Å². The van der Waals surface area contributed by atoms with E-state index in [-0.39, 0.29) is 5.75 Å². The zero-order valence-corrected chi connectivity index (χ0v) is 11.2. The van der Waals surface area contributed by atoms with Gasteiger partial charge in [0.25, 0.3) is 0 Å². The van der Waals surface area contributed by atoms with Gasteiger partial charge in [-0.25, -0.2) is 0 Å². The number of alkyl halides is 3. The van der Waals surface area contributed by atoms with Crippen molar-refractivity contribution in [3.05, 3.63) is 36.0 Å². The molecule has 0 saturated heterocycles. The molecule has 1 aromatic heterocycles. The third kappa shape index (κ3) is 3.31. The lowest BCUT2D eigenvalue weighted by molar-refractivity contribution is -0.274. The zero-order chi connectivity index (χ0) is 14.8. The summed E-state index contributed by atoms with van der Waals surface area (Å²) in [5, 5.41) is 4.43. The number of halogens is 3. The molecule has 0 amide bonds. The van der Waals surface area contributed by atoms with Crippen LogP contribution in [0.4, 0.5) is 13.2 Å². The molecule has 0 atom stereocenters. The van der Waals surface area contributed by atoms with Gasteiger partial charge in [-0.3, -0.25) is 4.68 Å². The van der Waals surface area contributed by atoms with Crippen molar-refractivity contribution in [2.45, 2.75) is 33.2 Å². The van der Waals surface area contributed by atoms with E-state index in [9.17, 15) is 13.2 Å². The second kappa shape index (κ2) is 5.56. The van der Waals surface area contributed by atoms with E-state index >= 15 is 0 Å². The van der Waals surface area contributed by atoms with E-state index in [0.717, 1.165) is 29.8 Å². The minimum absolute atomic E-state index is 0.228. The molecular formula is C14H15F3N2O. The van der Waals surface area contributed by atoms with E-state index in [1.165, 1.54) is 12.1 Å². The van der Waals surface area contributed by atoms with Crippen molar-refractivity contribution in [2.24, 2.45) is 0 Å². The summed E-state index contributed by atoms with van der Waals surface area (Å²) in [4.78, 5) is 0. The van der Waals surface area contributed by atoms with Gasteiger partial charge in [-0.1, -0.05) is 6.92 Å². The standard InChI is InChI=1S/C14H15F3N2O/c1-3-10-9-19(4-2)18-13(10)11-5-7-12(8-6-11)20-14(15,16)17/h5-9H,3-4H2,1-2H3. The summed E-state index contributed by atoms with van der Waals surface area (Å²) < 4.78 is 41.9. The number of hydrogen-bond acceptors (Lipinski definition) is 2. The van der Waals surface area contributed by atoms with Crippen LogP contribution in [0.15, 0.2) is 30.5 Å². The van der Waals surface area contributed by atoms with Crippen LogP contribution < -0.4 is 4.74 Å². The minimum atomic E-state index is -4.67. The quantitative estimate of drug-likeness (QED) is 0.847. The summed E-state index contributed by atoms with van der Waals surface area (Å²) >= 11 is 0. The van der Waals surface area contributed by atoms with Gasteiger partial charge < -0.3 is 4.74 Å². The van der Waals surface area contributed by atoms with Crippen LogP contribution in [0.2, 0.25) is 0 Å². The predicted octanol–water partition coefficient (Wildman–Crippen LogP) is 4.03. The van der Waals surface area contributed by atoms with Crippen molar-refractivity contribution in [1.29, 1.82) is 0 Å². The van der Waals surface area contributed by atoms with Gasteiger partial charge in [-0.2, -0.15) is 5.10 Å². The molecule has 0 bridgehead atoms. The first-order chi connectivity index (χ1) is 9.43. The highest BCUT2D eigenvalue weighted by Gasteiger charge is 2.31. The smallest absolute Gasteiger partial charge is 0.406 e. The summed E-state index contributed by atoms with van der Waals surface area (Å²) in [6.45, 7) is 4.75. The first-order valence-corrected chi connectivity index (χ1v) is 6.35. The van der Waals surface area contributed by atoms with Gasteiger partial charge in [-0.15, -0.1) is 13.2 Å². The van der Waals surface area contributed by atoms with Crippen LogP contribution in [-0.4, -0.2) is 16.1 Å². The van der Waals surface area contributed by atoms with Crippen LogP contribution in [0.25, 0.3) is 11.3 Å². The Morgan fingerprint density at radius 3 is 2.30 bits per heavy atom. The lowest BCUT2D eigenvalue weighted by atomic mass is 10.1. The number of aryl methyl sites for hydroxylation is 2. The monoisotopic (exact) mass is 284 g/mol. The summed E-state index contributed by atoms with van der Waals surface area (Å²) in [5.41, 5.74) is 2.65. The van der Waals surface area contributed by atoms with E-state index in [4.69, 9.17) is 0 Å². The number of rotatable bonds is 4. The van der Waals surface area contributed by atoms with Crippen molar-refractivity contribution < 1.29 is 17.9 Å². The summed E-state index contributed by atoms with van der Waals surface area (Å²) in [5.74, 6) is -0.228. The van der Waals surface area contributed by atoms with E-state index in [0.29, 0.717) is 0 Å². The number of hydrogen-bond donors (Lipinski definition) is 0. The average molecular weight is 284 g/mol. The molecule has 2 aromatic rings. The molecule has 20 heavy (non-hydrogen) atoms. The lowest BCUT2D eigenvalue weighted by Gasteiger charge is -2.09. The number of benzene rings is 1. The highest BCUT2D eigenvalue weighted by molar-refractivity contribution is 5.63. The average Bonchev–Trinajstić information content (AvgIpc) is 2.81. The molecule has 108 valence electrons. The maximum atomic E-state index is 12.1. The molecule has 0 aliphatic heterocycles. The Balaban J connectivity index is 2.28. The minimum Gasteiger partial charge on any atom is -0.406 e. The number of ether oxygens (including phenoxy) is 1. The Hall–Kier alpha value is -1.98. The molecule has 0 radical (unpaired) electrons. The van der Waals surface area contributed by atoms with Crippen molar-refractivity contribution in [3.63, 3.8) is 0 Å². The summed E-state index contributed by atoms with van der Waals surface area (Å²) in [6.07, 6.45) is -1.90. The van der Waals surface area contributed by atoms with Crippen LogP contribution in [0.1, 0.15) is 19.4 Å². The Morgan fingerprint density at radius 2 is 1.80 bits per heavy atom. The molecule has 1 aromatic carbocycles. The molecule has 0 unspecified atom stereocenters. The van der Waals surface area contributed by atoms with Crippen LogP contribution in [0.3, 0.4) is 0 Å². The molecule has 1 heterocycles. The fourth-order valence-corrected chi connectivity index (χ4v) is 1.94. The van der Waals surface area contributed by atoms with E-state index in [1.54, 1.807) is 12.1 Å². The highest BCUT2D eigenvalue weighted by Crippen LogP contribution is 2.27. The van der Waals surface area contributed by atoms with E-state index in [1.807, 2.05) is 24.7 Å². The Labute approximate surface area is 115 Å². The van der Waals surface area contributed by atoms with Gasteiger partial charge >= 0.3 is 6.36 Å². The molecule has 0 fully saturated rings. The molecule has 0 aliphatic rings. The van der Waals surface area contributed by atoms with Gasteiger partial charge in [0.1, 0.15) is 5.75 Å². The van der Waals surface area contributed by atoms with E-state index < -0.39 is 6.36 Å². The molecule has 0 saturated carbocycles. The third-order valence-corrected chi connectivity index (χ3v) is 2.90. The SMILES string of the molecule is CCc1cn(CC)nc1-c1ccc(OC(F)(F)F)cc1. The zero-order valence-electron chi connectivity index (χ0n) is 11.2. The van der Waals surface area contributed by atoms with Crippen molar-refractivity contribution >= 4 is 0 Å². The third-order valence-electron chi connectivity index (χ3n) is 2.90. The van der Waals surface area contributed by atoms with Gasteiger partial charge in [0.05, 0.1) is 5.69 Å². The molecule has 0 N–H and O–H groups in total. The topological polar surface area (TPSA) is 27.1 Å². The molecule has 6 heteroatoms. The van der Waals surface area contributed by atoms with Crippen LogP contribution >= 0.6 is 0 Å². The van der Waals surface area contributed by atoms with Crippen molar-refractivity contribution in [2.75, 3.05) is 0 Å². The maximum absolute atomic E-state index is 12.1. The second-order valence-electron chi connectivity index (χ2n) is 4.28. The Kier molecular flexibility index (Phi) is 4.01. The molecule has 3 nitrogen and oxygen atoms in total. The summed E-state index contributed by atoms with van der Waals surface area (Å²) in [7, 11) is 0. The Bertz CT molecular complexity index is 573. The van der Waals surface area contributed by atoms with Crippen LogP contribution in [0.5, 0.6) is 5.75 Å². The number of aromatic nitrogens is 2. The van der Waals surface area contributed by atoms with Gasteiger partial charge in [0.2, 0.25) is 0 Å². The van der Waals surface area contributed by atoms with Gasteiger partial charge in [-0.05, 0) is 43.2 Å². The fourth-order valence-electron chi connectivity index (χ4n) is 1.94. The van der Waals surface area contributed by atoms with Crippen LogP contribution in [0, 0.1) is 0 Å². The first kappa shape index (κ1) is 14.4. The fraction of sp³-hybridized carbons (Fsp3) is 0.357.